The van der Waals surface area contributed by atoms with Crippen molar-refractivity contribution < 1.29 is 4.74 Å². The smallest absolute Gasteiger partial charge is 0.158 e. The molecule has 0 radical (unpaired) electrons. The maximum absolute atomic E-state index is 5.99. The lowest BCUT2D eigenvalue weighted by Gasteiger charge is -2.12. The van der Waals surface area contributed by atoms with Crippen LogP contribution in [0, 0.1) is 0 Å². The molecule has 84 valence electrons. The predicted octanol–water partition coefficient (Wildman–Crippen LogP) is 3.55. The third-order valence-electron chi connectivity index (χ3n) is 2.01. The summed E-state index contributed by atoms with van der Waals surface area (Å²) >= 11 is 9.35. The van der Waals surface area contributed by atoms with Gasteiger partial charge in [-0.15, -0.1) is 0 Å². The summed E-state index contributed by atoms with van der Waals surface area (Å²) in [5.41, 5.74) is 0.913. The van der Waals surface area contributed by atoms with Gasteiger partial charge in [-0.3, -0.25) is 0 Å². The lowest BCUT2D eigenvalue weighted by atomic mass is 10.3. The normalized spacial score (nSPS) is 12.9. The molecule has 0 fully saturated rings. The van der Waals surface area contributed by atoms with Crippen LogP contribution < -0.4 is 0 Å². The summed E-state index contributed by atoms with van der Waals surface area (Å²) in [5.74, 6) is 0.641. The number of halogens is 2. The first-order valence-corrected chi connectivity index (χ1v) is 6.10. The first-order chi connectivity index (χ1) is 7.10. The number of nitrogens with zero attached hydrogens (tertiary/aromatic N) is 2. The third-order valence-corrected chi connectivity index (χ3v) is 3.35. The molecule has 1 aromatic rings. The molecule has 5 heteroatoms. The second-order valence-electron chi connectivity index (χ2n) is 3.08. The zero-order valence-corrected chi connectivity index (χ0v) is 11.4. The van der Waals surface area contributed by atoms with Crippen LogP contribution in [0.3, 0.4) is 0 Å². The van der Waals surface area contributed by atoms with Gasteiger partial charge in [0.25, 0.3) is 0 Å². The molecule has 0 aliphatic heterocycles. The van der Waals surface area contributed by atoms with Crippen LogP contribution in [0.5, 0.6) is 0 Å². The van der Waals surface area contributed by atoms with Gasteiger partial charge in [0.05, 0.1) is 10.2 Å². The van der Waals surface area contributed by atoms with Gasteiger partial charge in [-0.25, -0.2) is 9.97 Å². The zero-order chi connectivity index (χ0) is 11.4. The van der Waals surface area contributed by atoms with Crippen LogP contribution in [0.2, 0.25) is 5.15 Å². The summed E-state index contributed by atoms with van der Waals surface area (Å²) in [4.78, 5) is 8.59. The fourth-order valence-electron chi connectivity index (χ4n) is 1.22. The largest absolute Gasteiger partial charge is 0.371 e. The van der Waals surface area contributed by atoms with Crippen molar-refractivity contribution >= 4 is 27.5 Å². The Balaban J connectivity index is 3.05. The number of aryl methyl sites for hydroxylation is 1. The van der Waals surface area contributed by atoms with Gasteiger partial charge in [-0.2, -0.15) is 0 Å². The third kappa shape index (κ3) is 3.13. The molecule has 1 aromatic heterocycles. The Morgan fingerprint density at radius 3 is 2.60 bits per heavy atom. The van der Waals surface area contributed by atoms with E-state index in [0.717, 1.165) is 16.6 Å². The van der Waals surface area contributed by atoms with Crippen molar-refractivity contribution in [3.63, 3.8) is 0 Å². The summed E-state index contributed by atoms with van der Waals surface area (Å²) in [7, 11) is 0. The molecular weight excluding hydrogens is 279 g/mol. The van der Waals surface area contributed by atoms with Crippen molar-refractivity contribution in [2.45, 2.75) is 33.3 Å². The Labute approximate surface area is 103 Å². The van der Waals surface area contributed by atoms with E-state index >= 15 is 0 Å². The van der Waals surface area contributed by atoms with E-state index in [4.69, 9.17) is 16.3 Å². The highest BCUT2D eigenvalue weighted by Gasteiger charge is 2.14. The Kier molecular flexibility index (Phi) is 4.96. The van der Waals surface area contributed by atoms with Gasteiger partial charge in [-0.05, 0) is 36.2 Å². The van der Waals surface area contributed by atoms with Gasteiger partial charge in [-0.1, -0.05) is 18.5 Å². The van der Waals surface area contributed by atoms with E-state index in [2.05, 4.69) is 25.9 Å². The maximum Gasteiger partial charge on any atom is 0.158 e. The van der Waals surface area contributed by atoms with E-state index < -0.39 is 0 Å². The summed E-state index contributed by atoms with van der Waals surface area (Å²) in [6.45, 7) is 6.53. The highest BCUT2D eigenvalue weighted by atomic mass is 79.9. The van der Waals surface area contributed by atoms with Gasteiger partial charge in [0.2, 0.25) is 0 Å². The van der Waals surface area contributed by atoms with Crippen molar-refractivity contribution in [2.24, 2.45) is 0 Å². The van der Waals surface area contributed by atoms with E-state index in [1.54, 1.807) is 0 Å². The minimum absolute atomic E-state index is 0.120. The van der Waals surface area contributed by atoms with Gasteiger partial charge < -0.3 is 4.74 Å². The molecule has 0 aliphatic carbocycles. The molecule has 1 atom stereocenters. The van der Waals surface area contributed by atoms with Gasteiger partial charge >= 0.3 is 0 Å². The predicted molar refractivity (Wildman–Crippen MR) is 64.2 cm³/mol. The van der Waals surface area contributed by atoms with Crippen LogP contribution in [0.4, 0.5) is 0 Å². The van der Waals surface area contributed by atoms with E-state index in [1.165, 1.54) is 0 Å². The molecular formula is C10H14BrClN2O. The summed E-state index contributed by atoms with van der Waals surface area (Å²) in [6, 6.07) is 0. The van der Waals surface area contributed by atoms with Crippen LogP contribution >= 0.6 is 27.5 Å². The molecule has 1 rings (SSSR count). The molecule has 1 heterocycles. The number of hydrogen-bond acceptors (Lipinski definition) is 3. The second kappa shape index (κ2) is 5.77. The van der Waals surface area contributed by atoms with Crippen LogP contribution in [-0.2, 0) is 11.2 Å². The Bertz CT molecular complexity index is 346. The second-order valence-corrected chi connectivity index (χ2v) is 4.24. The highest BCUT2D eigenvalue weighted by molar-refractivity contribution is 9.10. The molecule has 0 aliphatic rings. The Hall–Kier alpha value is -0.190. The lowest BCUT2D eigenvalue weighted by Crippen LogP contribution is -2.08. The zero-order valence-electron chi connectivity index (χ0n) is 9.05. The fourth-order valence-corrected chi connectivity index (χ4v) is 1.88. The average molecular weight is 294 g/mol. The Morgan fingerprint density at radius 2 is 2.07 bits per heavy atom. The van der Waals surface area contributed by atoms with Crippen molar-refractivity contribution in [1.29, 1.82) is 0 Å². The molecule has 0 spiro atoms. The molecule has 0 bridgehead atoms. The fraction of sp³-hybridized carbons (Fsp3) is 0.600. The average Bonchev–Trinajstić information content (AvgIpc) is 2.22. The minimum Gasteiger partial charge on any atom is -0.371 e. The minimum atomic E-state index is -0.120. The van der Waals surface area contributed by atoms with E-state index in [-0.39, 0.29) is 6.10 Å². The SMILES string of the molecule is CCOC(C)c1nc(Cl)c(Br)c(CC)n1. The monoisotopic (exact) mass is 292 g/mol. The first kappa shape index (κ1) is 12.9. The first-order valence-electron chi connectivity index (χ1n) is 4.93. The van der Waals surface area contributed by atoms with Crippen molar-refractivity contribution in [3.8, 4) is 0 Å². The van der Waals surface area contributed by atoms with E-state index in [1.807, 2.05) is 20.8 Å². The lowest BCUT2D eigenvalue weighted by molar-refractivity contribution is 0.0698. The number of rotatable bonds is 4. The number of aromatic nitrogens is 2. The van der Waals surface area contributed by atoms with Crippen molar-refractivity contribution in [2.75, 3.05) is 6.61 Å². The Morgan fingerprint density at radius 1 is 1.40 bits per heavy atom. The standard InChI is InChI=1S/C10H14BrClN2O/c1-4-7-8(11)9(12)14-10(13-7)6(3)15-5-2/h6H,4-5H2,1-3H3. The molecule has 0 N–H and O–H groups in total. The van der Waals surface area contributed by atoms with Gasteiger partial charge in [0.1, 0.15) is 11.3 Å². The molecule has 15 heavy (non-hydrogen) atoms. The van der Waals surface area contributed by atoms with Crippen LogP contribution in [0.15, 0.2) is 4.47 Å². The summed E-state index contributed by atoms with van der Waals surface area (Å²) in [5, 5.41) is 0.448. The number of ether oxygens (including phenoxy) is 1. The quantitative estimate of drug-likeness (QED) is 0.796. The van der Waals surface area contributed by atoms with Gasteiger partial charge in [0, 0.05) is 6.61 Å². The molecule has 0 saturated carbocycles. The van der Waals surface area contributed by atoms with E-state index in [9.17, 15) is 0 Å². The molecule has 3 nitrogen and oxygen atoms in total. The number of hydrogen-bond donors (Lipinski definition) is 0. The molecule has 0 saturated heterocycles. The molecule has 0 amide bonds. The van der Waals surface area contributed by atoms with Crippen molar-refractivity contribution in [1.82, 2.24) is 9.97 Å². The summed E-state index contributed by atoms with van der Waals surface area (Å²) in [6.07, 6.45) is 0.695. The van der Waals surface area contributed by atoms with E-state index in [0.29, 0.717) is 17.6 Å². The highest BCUT2D eigenvalue weighted by Crippen LogP contribution is 2.26. The van der Waals surface area contributed by atoms with Crippen LogP contribution in [0.1, 0.15) is 38.4 Å². The van der Waals surface area contributed by atoms with Crippen LogP contribution in [-0.4, -0.2) is 16.6 Å². The molecule has 0 aromatic carbocycles. The maximum atomic E-state index is 5.99. The van der Waals surface area contributed by atoms with Crippen molar-refractivity contribution in [3.05, 3.63) is 21.1 Å². The summed E-state index contributed by atoms with van der Waals surface area (Å²) < 4.78 is 6.20. The molecule has 1 unspecified atom stereocenters. The topological polar surface area (TPSA) is 35.0 Å². The van der Waals surface area contributed by atoms with Gasteiger partial charge in [0.15, 0.2) is 5.82 Å². The van der Waals surface area contributed by atoms with Crippen LogP contribution in [0.25, 0.3) is 0 Å².